The molecule has 2 aliphatic heterocycles. The number of aliphatic hydroxyl groups is 1. The van der Waals surface area contributed by atoms with Crippen LogP contribution in [0.4, 0.5) is 0 Å². The lowest BCUT2D eigenvalue weighted by molar-refractivity contribution is -0.172. The van der Waals surface area contributed by atoms with Crippen molar-refractivity contribution in [3.8, 4) is 0 Å². The van der Waals surface area contributed by atoms with Gasteiger partial charge >= 0.3 is 11.9 Å². The molecular formula is C28H35NO8. The van der Waals surface area contributed by atoms with Crippen molar-refractivity contribution in [1.82, 2.24) is 4.98 Å². The van der Waals surface area contributed by atoms with Gasteiger partial charge in [0.2, 0.25) is 0 Å². The number of Topliss-reactive ketones (excluding diaryl/α,β-unsaturated/α-hetero) is 1. The molecule has 0 aromatic carbocycles. The third kappa shape index (κ3) is 3.99. The molecule has 0 radical (unpaired) electrons. The second kappa shape index (κ2) is 9.53. The second-order valence-electron chi connectivity index (χ2n) is 10.9. The highest BCUT2D eigenvalue weighted by atomic mass is 16.6. The van der Waals surface area contributed by atoms with Gasteiger partial charge in [0.1, 0.15) is 35.4 Å². The zero-order chi connectivity index (χ0) is 26.6. The van der Waals surface area contributed by atoms with Gasteiger partial charge in [0.25, 0.3) is 0 Å². The van der Waals surface area contributed by atoms with Crippen molar-refractivity contribution in [2.75, 3.05) is 7.11 Å². The van der Waals surface area contributed by atoms with Crippen molar-refractivity contribution in [2.24, 2.45) is 29.6 Å². The Morgan fingerprint density at radius 3 is 2.68 bits per heavy atom. The topological polar surface area (TPSA) is 124 Å². The van der Waals surface area contributed by atoms with E-state index in [0.717, 1.165) is 5.57 Å². The summed E-state index contributed by atoms with van der Waals surface area (Å²) < 4.78 is 24.0. The zero-order valence-corrected chi connectivity index (χ0v) is 21.7. The number of cyclic esters (lactones) is 1. The highest BCUT2D eigenvalue weighted by Crippen LogP contribution is 2.60. The Morgan fingerprint density at radius 2 is 2.03 bits per heavy atom. The van der Waals surface area contributed by atoms with Crippen LogP contribution >= 0.6 is 0 Å². The van der Waals surface area contributed by atoms with Gasteiger partial charge in [-0.05, 0) is 38.0 Å². The SMILES string of the molecule is CO[C@H]1C[C@@H]2C=C[C@@H]3[C@@H]4O[C@@]2(/C(C)=C/[C@H](C)[C@@H]([C@@H](C)O)OC1=O)[C@H]3C(=O)[C@H](C)[C@@H]4OC(=O)c1ccc[nH]1. The maximum absolute atomic E-state index is 14.0. The van der Waals surface area contributed by atoms with E-state index in [4.69, 9.17) is 18.9 Å². The predicted molar refractivity (Wildman–Crippen MR) is 131 cm³/mol. The Morgan fingerprint density at radius 1 is 1.27 bits per heavy atom. The van der Waals surface area contributed by atoms with E-state index in [0.29, 0.717) is 5.69 Å². The van der Waals surface area contributed by atoms with Crippen LogP contribution in [0, 0.1) is 29.6 Å². The van der Waals surface area contributed by atoms with E-state index in [-0.39, 0.29) is 30.0 Å². The van der Waals surface area contributed by atoms with Crippen LogP contribution in [-0.2, 0) is 28.5 Å². The predicted octanol–water partition coefficient (Wildman–Crippen LogP) is 2.61. The van der Waals surface area contributed by atoms with Crippen LogP contribution in [0.15, 0.2) is 42.1 Å². The van der Waals surface area contributed by atoms with Gasteiger partial charge in [-0.3, -0.25) is 4.79 Å². The summed E-state index contributed by atoms with van der Waals surface area (Å²) in [5.74, 6) is -3.16. The molecule has 1 saturated carbocycles. The van der Waals surface area contributed by atoms with Crippen LogP contribution in [0.25, 0.3) is 0 Å². The van der Waals surface area contributed by atoms with Crippen molar-refractivity contribution in [1.29, 1.82) is 0 Å². The molecule has 0 amide bonds. The van der Waals surface area contributed by atoms with Crippen LogP contribution < -0.4 is 0 Å². The number of carbonyl (C=O) groups is 3. The van der Waals surface area contributed by atoms with Gasteiger partial charge in [0.05, 0.1) is 17.9 Å². The van der Waals surface area contributed by atoms with Gasteiger partial charge in [0, 0.05) is 31.1 Å². The summed E-state index contributed by atoms with van der Waals surface area (Å²) in [5.41, 5.74) is 0.111. The summed E-state index contributed by atoms with van der Waals surface area (Å²) in [6, 6.07) is 3.33. The summed E-state index contributed by atoms with van der Waals surface area (Å²) in [5, 5.41) is 10.4. The molecule has 2 fully saturated rings. The molecule has 200 valence electrons. The number of H-pyrrole nitrogens is 1. The van der Waals surface area contributed by atoms with Crippen LogP contribution in [-0.4, -0.2) is 71.0 Å². The van der Waals surface area contributed by atoms with Crippen LogP contribution in [0.2, 0.25) is 0 Å². The number of hydrogen-bond acceptors (Lipinski definition) is 8. The number of nitrogens with one attached hydrogen (secondary N) is 1. The lowest BCUT2D eigenvalue weighted by Crippen LogP contribution is -2.55. The van der Waals surface area contributed by atoms with Gasteiger partial charge in [-0.25, -0.2) is 9.59 Å². The maximum atomic E-state index is 14.0. The van der Waals surface area contributed by atoms with E-state index < -0.39 is 59.9 Å². The molecule has 4 aliphatic rings. The number of esters is 2. The third-order valence-electron chi connectivity index (χ3n) is 8.70. The standard InChI is InChI=1S/C28H35NO8/c1-13-11-14(2)28-17(12-20(34-5)27(33)35-23(13)16(4)30)8-9-18-21(28)22(31)15(3)24(25(18)37-28)36-26(32)19-7-6-10-29-19/h6-11,13,15-18,20-21,23-25,29-30H,12H2,1-5H3/b14-11+/t13-,15-,16+,17-,18-,20-,21+,23-,24-,25-,28+/m0/s1. The van der Waals surface area contributed by atoms with E-state index in [1.807, 2.05) is 32.1 Å². The fraction of sp³-hybridized carbons (Fsp3) is 0.607. The molecule has 37 heavy (non-hydrogen) atoms. The number of methoxy groups -OCH3 is 1. The Balaban J connectivity index is 1.58. The van der Waals surface area contributed by atoms with Crippen LogP contribution in [0.5, 0.6) is 0 Å². The molecule has 1 aromatic heterocycles. The van der Waals surface area contributed by atoms with E-state index in [1.165, 1.54) is 7.11 Å². The first-order chi connectivity index (χ1) is 17.6. The molecule has 4 bridgehead atoms. The maximum Gasteiger partial charge on any atom is 0.355 e. The number of aromatic amines is 1. The smallest absolute Gasteiger partial charge is 0.355 e. The summed E-state index contributed by atoms with van der Waals surface area (Å²) in [6.45, 7) is 7.17. The first kappa shape index (κ1) is 25.9. The van der Waals surface area contributed by atoms with Crippen LogP contribution in [0.3, 0.4) is 0 Å². The Hall–Kier alpha value is -2.75. The quantitative estimate of drug-likeness (QED) is 0.465. The summed E-state index contributed by atoms with van der Waals surface area (Å²) in [7, 11) is 1.44. The zero-order valence-electron chi connectivity index (χ0n) is 21.7. The van der Waals surface area contributed by atoms with Gasteiger partial charge in [-0.1, -0.05) is 32.1 Å². The molecule has 1 spiro atoms. The van der Waals surface area contributed by atoms with Crippen molar-refractivity contribution in [3.63, 3.8) is 0 Å². The lowest BCUT2D eigenvalue weighted by atomic mass is 9.58. The Bertz CT molecular complexity index is 1120. The molecule has 2 N–H and O–H groups in total. The molecule has 11 atom stereocenters. The van der Waals surface area contributed by atoms with E-state index >= 15 is 0 Å². The highest BCUT2D eigenvalue weighted by molar-refractivity contribution is 5.91. The average molecular weight is 514 g/mol. The fourth-order valence-corrected chi connectivity index (χ4v) is 6.91. The molecule has 1 aromatic rings. The Kier molecular flexibility index (Phi) is 6.66. The first-order valence-corrected chi connectivity index (χ1v) is 12.9. The minimum atomic E-state index is -1.03. The molecule has 0 unspecified atom stereocenters. The molecule has 9 nitrogen and oxygen atoms in total. The van der Waals surface area contributed by atoms with Crippen molar-refractivity contribution in [3.05, 3.63) is 47.8 Å². The van der Waals surface area contributed by atoms with E-state index in [2.05, 4.69) is 4.98 Å². The highest BCUT2D eigenvalue weighted by Gasteiger charge is 2.69. The number of carbonyl (C=O) groups excluding carboxylic acids is 3. The summed E-state index contributed by atoms with van der Waals surface area (Å²) in [6.07, 6.45) is 3.92. The molecule has 2 aliphatic carbocycles. The van der Waals surface area contributed by atoms with Gasteiger partial charge in [-0.15, -0.1) is 0 Å². The van der Waals surface area contributed by atoms with Gasteiger partial charge in [0.15, 0.2) is 6.10 Å². The lowest BCUT2D eigenvalue weighted by Gasteiger charge is -2.45. The number of ketones is 1. The van der Waals surface area contributed by atoms with Crippen molar-refractivity contribution >= 4 is 17.7 Å². The minimum absolute atomic E-state index is 0.0292. The molecular weight excluding hydrogens is 478 g/mol. The monoisotopic (exact) mass is 513 g/mol. The average Bonchev–Trinajstić information content (AvgIpc) is 3.46. The first-order valence-electron chi connectivity index (χ1n) is 12.9. The minimum Gasteiger partial charge on any atom is -0.457 e. The normalized spacial score (nSPS) is 43.3. The van der Waals surface area contributed by atoms with Gasteiger partial charge < -0.3 is 29.0 Å². The van der Waals surface area contributed by atoms with E-state index in [9.17, 15) is 19.5 Å². The van der Waals surface area contributed by atoms with Gasteiger partial charge in [-0.2, -0.15) is 0 Å². The number of hydrogen-bond donors (Lipinski definition) is 2. The third-order valence-corrected chi connectivity index (χ3v) is 8.70. The fourth-order valence-electron chi connectivity index (χ4n) is 6.91. The largest absolute Gasteiger partial charge is 0.457 e. The second-order valence-corrected chi connectivity index (χ2v) is 10.9. The van der Waals surface area contributed by atoms with Crippen LogP contribution in [0.1, 0.15) is 44.6 Å². The van der Waals surface area contributed by atoms with Crippen molar-refractivity contribution in [2.45, 2.75) is 70.2 Å². The molecule has 1 saturated heterocycles. The molecule has 9 heteroatoms. The number of aliphatic hydroxyl groups excluding tert-OH is 1. The number of rotatable bonds is 4. The number of aromatic nitrogens is 1. The molecule has 3 heterocycles. The molecule has 5 rings (SSSR count). The summed E-state index contributed by atoms with van der Waals surface area (Å²) >= 11 is 0. The Labute approximate surface area is 216 Å². The van der Waals surface area contributed by atoms with Crippen molar-refractivity contribution < 1.29 is 38.4 Å². The van der Waals surface area contributed by atoms with E-state index in [1.54, 1.807) is 32.2 Å². The number of ether oxygens (including phenoxy) is 4. The summed E-state index contributed by atoms with van der Waals surface area (Å²) in [4.78, 5) is 42.7.